The Kier molecular flexibility index (Phi) is 6.72. The second-order valence-corrected chi connectivity index (χ2v) is 10.6. The Morgan fingerprint density at radius 2 is 1.48 bits per heavy atom. The Hall–Kier alpha value is -2.34. The fourth-order valence-electron chi connectivity index (χ4n) is 6.53. The van der Waals surface area contributed by atoms with Crippen LogP contribution in [0.3, 0.4) is 0 Å². The molecule has 2 aliphatic heterocycles. The van der Waals surface area contributed by atoms with Gasteiger partial charge in [0.1, 0.15) is 5.75 Å². The highest BCUT2D eigenvalue weighted by molar-refractivity contribution is 5.74. The summed E-state index contributed by atoms with van der Waals surface area (Å²) in [5.74, 6) is 1.61. The number of rotatable bonds is 3. The molecular formula is C27H39N5O. The normalized spacial score (nSPS) is 29.2. The number of fused-ring (bicyclic) bond motifs is 2. The van der Waals surface area contributed by atoms with Crippen molar-refractivity contribution in [3.63, 3.8) is 0 Å². The topological polar surface area (TPSA) is 78.5 Å². The van der Waals surface area contributed by atoms with Gasteiger partial charge in [-0.2, -0.15) is 0 Å². The second kappa shape index (κ2) is 9.88. The summed E-state index contributed by atoms with van der Waals surface area (Å²) in [5, 5.41) is 18.8. The van der Waals surface area contributed by atoms with E-state index >= 15 is 0 Å². The second-order valence-electron chi connectivity index (χ2n) is 10.6. The van der Waals surface area contributed by atoms with E-state index in [-0.39, 0.29) is 5.75 Å². The maximum atomic E-state index is 10.3. The quantitative estimate of drug-likeness (QED) is 0.669. The van der Waals surface area contributed by atoms with Crippen molar-refractivity contribution in [1.82, 2.24) is 15.1 Å². The third-order valence-electron chi connectivity index (χ3n) is 8.25. The van der Waals surface area contributed by atoms with Crippen LogP contribution in [0.25, 0.3) is 11.3 Å². The van der Waals surface area contributed by atoms with Gasteiger partial charge in [-0.1, -0.05) is 57.6 Å². The maximum Gasteiger partial charge on any atom is 0.169 e. The summed E-state index contributed by atoms with van der Waals surface area (Å²) in [5.41, 5.74) is 8.65. The van der Waals surface area contributed by atoms with Gasteiger partial charge < -0.3 is 15.7 Å². The lowest BCUT2D eigenvalue weighted by molar-refractivity contribution is 0.0928. The molecule has 0 spiro atoms. The molecule has 0 radical (unpaired) electrons. The number of anilines is 2. The Balaban J connectivity index is 1.32. The highest BCUT2D eigenvalue weighted by Gasteiger charge is 2.43. The molecule has 0 amide bonds. The molecule has 2 unspecified atom stereocenters. The van der Waals surface area contributed by atoms with Crippen LogP contribution < -0.4 is 10.6 Å². The van der Waals surface area contributed by atoms with E-state index in [1.165, 1.54) is 64.2 Å². The number of hydrogen-bond donors (Lipinski definition) is 2. The first kappa shape index (κ1) is 22.5. The van der Waals surface area contributed by atoms with E-state index < -0.39 is 0 Å². The van der Waals surface area contributed by atoms with E-state index in [1.54, 1.807) is 6.07 Å². The Morgan fingerprint density at radius 1 is 0.848 bits per heavy atom. The number of aromatic nitrogens is 2. The number of nitrogen functional groups attached to an aromatic ring is 1. The van der Waals surface area contributed by atoms with Crippen LogP contribution in [0.1, 0.15) is 71.1 Å². The van der Waals surface area contributed by atoms with Crippen LogP contribution in [0.5, 0.6) is 5.75 Å². The minimum Gasteiger partial charge on any atom is -0.507 e. The lowest BCUT2D eigenvalue weighted by Crippen LogP contribution is -2.57. The molecule has 3 fully saturated rings. The van der Waals surface area contributed by atoms with Gasteiger partial charge in [0.2, 0.25) is 0 Å². The van der Waals surface area contributed by atoms with Gasteiger partial charge in [-0.05, 0) is 49.8 Å². The molecule has 2 saturated heterocycles. The number of phenolic OH excluding ortho intramolecular Hbond substituents is 1. The Labute approximate surface area is 198 Å². The largest absolute Gasteiger partial charge is 0.507 e. The Bertz CT molecular complexity index is 924. The van der Waals surface area contributed by atoms with Gasteiger partial charge in [-0.15, -0.1) is 10.2 Å². The van der Waals surface area contributed by atoms with Crippen molar-refractivity contribution in [3.8, 4) is 17.0 Å². The van der Waals surface area contributed by atoms with Gasteiger partial charge in [0.15, 0.2) is 5.82 Å². The predicted molar refractivity (Wildman–Crippen MR) is 134 cm³/mol. The lowest BCUT2D eigenvalue weighted by Gasteiger charge is -2.46. The number of piperazine rings is 1. The van der Waals surface area contributed by atoms with Crippen LogP contribution in [0.4, 0.5) is 11.5 Å². The first-order valence-corrected chi connectivity index (χ1v) is 13.0. The third kappa shape index (κ3) is 4.81. The maximum absolute atomic E-state index is 10.3. The summed E-state index contributed by atoms with van der Waals surface area (Å²) < 4.78 is 0. The molecule has 6 nitrogen and oxygen atoms in total. The van der Waals surface area contributed by atoms with Crippen molar-refractivity contribution in [1.29, 1.82) is 0 Å². The predicted octanol–water partition coefficient (Wildman–Crippen LogP) is 5.22. The number of benzene rings is 1. The fraction of sp³-hybridized carbons (Fsp3) is 0.630. The molecule has 5 rings (SSSR count). The average molecular weight is 450 g/mol. The summed E-state index contributed by atoms with van der Waals surface area (Å²) in [4.78, 5) is 5.32. The summed E-state index contributed by atoms with van der Waals surface area (Å²) in [6, 6.07) is 11.2. The van der Waals surface area contributed by atoms with Crippen molar-refractivity contribution in [2.24, 2.45) is 5.92 Å². The highest BCUT2D eigenvalue weighted by Crippen LogP contribution is 2.39. The number of nitrogens with two attached hydrogens (primary N) is 1. The smallest absolute Gasteiger partial charge is 0.169 e. The monoisotopic (exact) mass is 449 g/mol. The van der Waals surface area contributed by atoms with Gasteiger partial charge >= 0.3 is 0 Å². The zero-order chi connectivity index (χ0) is 22.8. The van der Waals surface area contributed by atoms with Gasteiger partial charge in [0.05, 0.1) is 11.4 Å². The van der Waals surface area contributed by atoms with Crippen molar-refractivity contribution < 1.29 is 5.11 Å². The molecule has 6 heteroatoms. The van der Waals surface area contributed by atoms with Crippen molar-refractivity contribution >= 4 is 11.5 Å². The average Bonchev–Trinajstić information content (AvgIpc) is 3.08. The van der Waals surface area contributed by atoms with E-state index in [0.29, 0.717) is 29.2 Å². The highest BCUT2D eigenvalue weighted by atomic mass is 16.3. The summed E-state index contributed by atoms with van der Waals surface area (Å²) in [6.07, 6.45) is 13.6. The minimum absolute atomic E-state index is 0.220. The molecule has 2 aromatic rings. The molecule has 1 saturated carbocycles. The molecule has 2 atom stereocenters. The SMILES string of the molecule is CC1CCCCC(N2C3CCC2CN(c2cc(-c4ccccc4O)nnc2N)C3)CCCC1. The Morgan fingerprint density at radius 3 is 2.15 bits per heavy atom. The van der Waals surface area contributed by atoms with Crippen LogP contribution in [0, 0.1) is 5.92 Å². The summed E-state index contributed by atoms with van der Waals surface area (Å²) >= 11 is 0. The molecule has 33 heavy (non-hydrogen) atoms. The number of nitrogens with zero attached hydrogens (tertiary/aromatic N) is 4. The first-order valence-electron chi connectivity index (χ1n) is 13.0. The molecular weight excluding hydrogens is 410 g/mol. The minimum atomic E-state index is 0.220. The molecule has 1 aromatic carbocycles. The number of phenols is 1. The number of aromatic hydroxyl groups is 1. The molecule has 3 aliphatic rings. The zero-order valence-electron chi connectivity index (χ0n) is 20.0. The van der Waals surface area contributed by atoms with Gasteiger partial charge in [-0.25, -0.2) is 0 Å². The molecule has 1 aliphatic carbocycles. The van der Waals surface area contributed by atoms with E-state index in [4.69, 9.17) is 5.73 Å². The molecule has 3 heterocycles. The standard InChI is InChI=1S/C27H39N5O/c1-19-8-2-4-10-20(11-5-3-9-19)32-21-14-15-22(32)18-31(17-21)25-16-24(29-30-27(25)28)23-12-6-7-13-26(23)33/h6-7,12-13,16,19-22,33H,2-5,8-11,14-15,17-18H2,1H3,(H2,28,30). The van der Waals surface area contributed by atoms with Crippen LogP contribution >= 0.6 is 0 Å². The van der Waals surface area contributed by atoms with E-state index in [0.717, 1.165) is 30.7 Å². The van der Waals surface area contributed by atoms with Crippen LogP contribution in [0.15, 0.2) is 30.3 Å². The molecule has 3 N–H and O–H groups in total. The van der Waals surface area contributed by atoms with Crippen molar-refractivity contribution in [2.45, 2.75) is 89.3 Å². The summed E-state index contributed by atoms with van der Waals surface area (Å²) in [7, 11) is 0. The number of para-hydroxylation sites is 1. The van der Waals surface area contributed by atoms with Crippen LogP contribution in [-0.4, -0.2) is 51.4 Å². The fourth-order valence-corrected chi connectivity index (χ4v) is 6.53. The molecule has 2 bridgehead atoms. The van der Waals surface area contributed by atoms with Gasteiger partial charge in [0.25, 0.3) is 0 Å². The van der Waals surface area contributed by atoms with E-state index in [2.05, 4.69) is 26.9 Å². The molecule has 1 aromatic heterocycles. The van der Waals surface area contributed by atoms with Gasteiger partial charge in [0, 0.05) is 36.8 Å². The van der Waals surface area contributed by atoms with Crippen molar-refractivity contribution in [3.05, 3.63) is 30.3 Å². The summed E-state index contributed by atoms with van der Waals surface area (Å²) in [6.45, 7) is 4.43. The lowest BCUT2D eigenvalue weighted by atomic mass is 9.90. The van der Waals surface area contributed by atoms with Crippen LogP contribution in [0.2, 0.25) is 0 Å². The van der Waals surface area contributed by atoms with Crippen LogP contribution in [-0.2, 0) is 0 Å². The zero-order valence-corrected chi connectivity index (χ0v) is 20.0. The third-order valence-corrected chi connectivity index (χ3v) is 8.25. The first-order chi connectivity index (χ1) is 16.1. The van der Waals surface area contributed by atoms with E-state index in [1.807, 2.05) is 24.3 Å². The van der Waals surface area contributed by atoms with Crippen molar-refractivity contribution in [2.75, 3.05) is 23.7 Å². The molecule has 178 valence electrons. The van der Waals surface area contributed by atoms with Gasteiger partial charge in [-0.3, -0.25) is 4.90 Å². The van der Waals surface area contributed by atoms with E-state index in [9.17, 15) is 5.11 Å². The number of hydrogen-bond acceptors (Lipinski definition) is 6.